The largest absolute Gasteiger partial charge is 0.310 e. The molecule has 0 atom stereocenters. The van der Waals surface area contributed by atoms with Crippen molar-refractivity contribution in [2.75, 3.05) is 0 Å². The predicted octanol–water partition coefficient (Wildman–Crippen LogP) is 4.52. The van der Waals surface area contributed by atoms with Crippen LogP contribution >= 0.6 is 23.2 Å². The van der Waals surface area contributed by atoms with E-state index in [1.54, 1.807) is 22.8 Å². The molecule has 0 amide bonds. The highest BCUT2D eigenvalue weighted by Crippen LogP contribution is 2.22. The first kappa shape index (κ1) is 16.8. The Morgan fingerprint density at radius 2 is 1.75 bits per heavy atom. The maximum absolute atomic E-state index is 12.7. The van der Waals surface area contributed by atoms with E-state index in [0.717, 1.165) is 24.0 Å². The molecule has 2 aromatic carbocycles. The van der Waals surface area contributed by atoms with Crippen molar-refractivity contribution in [3.63, 3.8) is 0 Å². The van der Waals surface area contributed by atoms with Crippen LogP contribution in [0.5, 0.6) is 0 Å². The average Bonchev–Trinajstić information content (AvgIpc) is 2.81. The number of ketones is 1. The predicted molar refractivity (Wildman–Crippen MR) is 96.9 cm³/mol. The third-order valence-corrected chi connectivity index (χ3v) is 4.50. The second-order valence-electron chi connectivity index (χ2n) is 5.60. The number of nitrogens with one attached hydrogen (secondary N) is 1. The second kappa shape index (κ2) is 6.83. The molecule has 1 N–H and O–H groups in total. The molecule has 6 heteroatoms. The third-order valence-electron chi connectivity index (χ3n) is 3.96. The van der Waals surface area contributed by atoms with Crippen LogP contribution in [-0.2, 0) is 13.1 Å². The van der Waals surface area contributed by atoms with Gasteiger partial charge in [-0.05, 0) is 36.8 Å². The van der Waals surface area contributed by atoms with Gasteiger partial charge in [0.25, 0.3) is 0 Å². The number of carbonyl (C=O) groups excluding carboxylic acids is 1. The summed E-state index contributed by atoms with van der Waals surface area (Å²) in [6.07, 6.45) is 0.918. The molecule has 0 bridgehead atoms. The number of fused-ring (bicyclic) bond motifs is 1. The van der Waals surface area contributed by atoms with E-state index in [1.807, 2.05) is 28.8 Å². The molecule has 3 aromatic rings. The first-order valence-electron chi connectivity index (χ1n) is 7.74. The van der Waals surface area contributed by atoms with Crippen LogP contribution in [0.2, 0.25) is 10.0 Å². The molecule has 124 valence electrons. The summed E-state index contributed by atoms with van der Waals surface area (Å²) in [5.74, 6) is -0.144. The van der Waals surface area contributed by atoms with E-state index in [-0.39, 0.29) is 12.3 Å². The minimum absolute atomic E-state index is 0.0669. The number of aryl methyl sites for hydroxylation is 1. The minimum atomic E-state index is -0.144. The third kappa shape index (κ3) is 2.99. The van der Waals surface area contributed by atoms with E-state index in [1.165, 1.54) is 0 Å². The van der Waals surface area contributed by atoms with Crippen LogP contribution in [0.1, 0.15) is 23.7 Å². The molecule has 0 aliphatic heterocycles. The average molecular weight is 362 g/mol. The van der Waals surface area contributed by atoms with Crippen LogP contribution in [0.3, 0.4) is 0 Å². The summed E-state index contributed by atoms with van der Waals surface area (Å²) >= 11 is 12.0. The molecule has 0 aliphatic rings. The van der Waals surface area contributed by atoms with Crippen molar-refractivity contribution < 1.29 is 4.79 Å². The van der Waals surface area contributed by atoms with Gasteiger partial charge >= 0.3 is 0 Å². The molecule has 0 saturated carbocycles. The van der Waals surface area contributed by atoms with Gasteiger partial charge in [0.05, 0.1) is 22.6 Å². The van der Waals surface area contributed by atoms with E-state index >= 15 is 0 Å². The molecular weight excluding hydrogens is 345 g/mol. The fourth-order valence-electron chi connectivity index (χ4n) is 2.85. The van der Waals surface area contributed by atoms with Crippen LogP contribution in [0.4, 0.5) is 0 Å². The minimum Gasteiger partial charge on any atom is -0.310 e. The van der Waals surface area contributed by atoms with Gasteiger partial charge in [0.15, 0.2) is 5.78 Å². The highest BCUT2D eigenvalue weighted by molar-refractivity contribution is 6.36. The van der Waals surface area contributed by atoms with Gasteiger partial charge in [-0.2, -0.15) is 0 Å². The first-order valence-corrected chi connectivity index (χ1v) is 8.49. The van der Waals surface area contributed by atoms with Gasteiger partial charge < -0.3 is 9.13 Å². The number of hydrogen-bond donors (Lipinski definition) is 1. The number of halogens is 2. The molecule has 0 spiro atoms. The Kier molecular flexibility index (Phi) is 4.78. The van der Waals surface area contributed by atoms with E-state index in [9.17, 15) is 4.79 Å². The van der Waals surface area contributed by atoms with Crippen molar-refractivity contribution in [2.24, 2.45) is 0 Å². The number of nitrogens with zero attached hydrogens (tertiary/aromatic N) is 2. The molecule has 24 heavy (non-hydrogen) atoms. The van der Waals surface area contributed by atoms with Crippen molar-refractivity contribution >= 4 is 40.0 Å². The zero-order valence-corrected chi connectivity index (χ0v) is 14.7. The van der Waals surface area contributed by atoms with Crippen molar-refractivity contribution in [3.05, 3.63) is 63.7 Å². The van der Waals surface area contributed by atoms with Gasteiger partial charge in [-0.3, -0.25) is 10.2 Å². The smallest absolute Gasteiger partial charge is 0.203 e. The maximum atomic E-state index is 12.7. The zero-order valence-electron chi connectivity index (χ0n) is 13.2. The van der Waals surface area contributed by atoms with E-state index in [4.69, 9.17) is 28.6 Å². The van der Waals surface area contributed by atoms with Gasteiger partial charge in [0.2, 0.25) is 5.62 Å². The van der Waals surface area contributed by atoms with Crippen molar-refractivity contribution in [1.29, 1.82) is 5.41 Å². The Morgan fingerprint density at radius 3 is 2.38 bits per heavy atom. The molecule has 0 aliphatic carbocycles. The first-order chi connectivity index (χ1) is 11.5. The Labute approximate surface area is 149 Å². The molecule has 3 rings (SSSR count). The van der Waals surface area contributed by atoms with E-state index in [0.29, 0.717) is 21.2 Å². The monoisotopic (exact) mass is 361 g/mol. The van der Waals surface area contributed by atoms with Gasteiger partial charge in [-0.25, -0.2) is 0 Å². The van der Waals surface area contributed by atoms with Gasteiger partial charge in [-0.15, -0.1) is 0 Å². The lowest BCUT2D eigenvalue weighted by Crippen LogP contribution is -2.27. The summed E-state index contributed by atoms with van der Waals surface area (Å²) in [5.41, 5.74) is 2.56. The van der Waals surface area contributed by atoms with Crippen LogP contribution < -0.4 is 5.62 Å². The quantitative estimate of drug-likeness (QED) is 0.667. The number of benzene rings is 2. The highest BCUT2D eigenvalue weighted by Gasteiger charge is 2.16. The standard InChI is InChI=1S/C18H17Cl2N3O/c1-2-9-22-15-5-3-4-6-16(15)23(18(22)21)11-17(24)13-8-7-12(19)10-14(13)20/h3-8,10,21H,2,9,11H2,1H3. The summed E-state index contributed by atoms with van der Waals surface area (Å²) in [4.78, 5) is 12.7. The van der Waals surface area contributed by atoms with Gasteiger partial charge in [-0.1, -0.05) is 42.3 Å². The number of aromatic nitrogens is 2. The summed E-state index contributed by atoms with van der Waals surface area (Å²) in [5, 5.41) is 9.26. The van der Waals surface area contributed by atoms with Crippen LogP contribution in [-0.4, -0.2) is 14.9 Å². The molecule has 0 fully saturated rings. The molecule has 0 radical (unpaired) electrons. The summed E-state index contributed by atoms with van der Waals surface area (Å²) < 4.78 is 3.64. The SMILES string of the molecule is CCCn1c(=N)n(CC(=O)c2ccc(Cl)cc2Cl)c2ccccc21. The Hall–Kier alpha value is -2.04. The highest BCUT2D eigenvalue weighted by atomic mass is 35.5. The zero-order chi connectivity index (χ0) is 17.3. The fraction of sp³-hybridized carbons (Fsp3) is 0.222. The van der Waals surface area contributed by atoms with Crippen LogP contribution in [0.25, 0.3) is 11.0 Å². The number of Topliss-reactive ketones (excluding diaryl/α,β-unsaturated/α-hetero) is 1. The van der Waals surface area contributed by atoms with Gasteiger partial charge in [0.1, 0.15) is 0 Å². The maximum Gasteiger partial charge on any atom is 0.203 e. The van der Waals surface area contributed by atoms with Crippen LogP contribution in [0, 0.1) is 5.41 Å². The Bertz CT molecular complexity index is 972. The molecule has 0 unspecified atom stereocenters. The van der Waals surface area contributed by atoms with Crippen LogP contribution in [0.15, 0.2) is 42.5 Å². The topological polar surface area (TPSA) is 50.8 Å². The molecule has 1 heterocycles. The number of hydrogen-bond acceptors (Lipinski definition) is 2. The Balaban J connectivity index is 2.05. The van der Waals surface area contributed by atoms with E-state index in [2.05, 4.69) is 6.92 Å². The number of imidazole rings is 1. The van der Waals surface area contributed by atoms with Crippen molar-refractivity contribution in [3.8, 4) is 0 Å². The van der Waals surface area contributed by atoms with E-state index < -0.39 is 0 Å². The van der Waals surface area contributed by atoms with Gasteiger partial charge in [0, 0.05) is 17.1 Å². The summed E-state index contributed by atoms with van der Waals surface area (Å²) in [6, 6.07) is 12.6. The number of carbonyl (C=O) groups is 1. The Morgan fingerprint density at radius 1 is 1.08 bits per heavy atom. The fourth-order valence-corrected chi connectivity index (χ4v) is 3.36. The van der Waals surface area contributed by atoms with Crippen molar-refractivity contribution in [1.82, 2.24) is 9.13 Å². The normalized spacial score (nSPS) is 11.1. The second-order valence-corrected chi connectivity index (χ2v) is 6.44. The lowest BCUT2D eigenvalue weighted by atomic mass is 10.1. The molecule has 1 aromatic heterocycles. The number of para-hydroxylation sites is 2. The summed E-state index contributed by atoms with van der Waals surface area (Å²) in [7, 11) is 0. The summed E-state index contributed by atoms with van der Waals surface area (Å²) in [6.45, 7) is 2.87. The molecular formula is C18H17Cl2N3O. The van der Waals surface area contributed by atoms with Crippen molar-refractivity contribution in [2.45, 2.75) is 26.4 Å². The molecule has 0 saturated heterocycles. The molecule has 4 nitrogen and oxygen atoms in total. The lowest BCUT2D eigenvalue weighted by Gasteiger charge is -2.06. The lowest BCUT2D eigenvalue weighted by molar-refractivity contribution is 0.0971. The number of rotatable bonds is 5.